The Labute approximate surface area is 144 Å². The Bertz CT molecular complexity index is 808. The average molecular weight is 350 g/mol. The molecule has 0 fully saturated rings. The van der Waals surface area contributed by atoms with Gasteiger partial charge in [-0.25, -0.2) is 0 Å². The van der Waals surface area contributed by atoms with Gasteiger partial charge in [0.15, 0.2) is 0 Å². The van der Waals surface area contributed by atoms with Gasteiger partial charge < -0.3 is 9.84 Å². The highest BCUT2D eigenvalue weighted by molar-refractivity contribution is 6.21. The Balaban J connectivity index is 2.04. The van der Waals surface area contributed by atoms with Crippen molar-refractivity contribution in [3.05, 3.63) is 34.5 Å². The quantitative estimate of drug-likeness (QED) is 0.657. The summed E-state index contributed by atoms with van der Waals surface area (Å²) in [6.07, 6.45) is 11.2. The summed E-state index contributed by atoms with van der Waals surface area (Å²) in [7, 11) is 1.62. The molecule has 2 aliphatic carbocycles. The number of carbonyl (C=O) groups excluding carboxylic acids is 1. The molecule has 0 aromatic carbocycles. The molecule has 0 aliphatic heterocycles. The van der Waals surface area contributed by atoms with Gasteiger partial charge in [0.25, 0.3) is 0 Å². The Morgan fingerprint density at radius 3 is 2.79 bits per heavy atom. The van der Waals surface area contributed by atoms with Gasteiger partial charge in [0.2, 0.25) is 5.91 Å². The van der Waals surface area contributed by atoms with E-state index in [4.69, 9.17) is 21.4 Å². The first-order chi connectivity index (χ1) is 11.5. The summed E-state index contributed by atoms with van der Waals surface area (Å²) in [5, 5.41) is 10.7. The van der Waals surface area contributed by atoms with E-state index in [-0.39, 0.29) is 29.7 Å². The summed E-state index contributed by atoms with van der Waals surface area (Å²) in [4.78, 5) is 24.0. The molecule has 0 radical (unpaired) electrons. The third kappa shape index (κ3) is 3.32. The zero-order chi connectivity index (χ0) is 17.3. The first kappa shape index (κ1) is 17.0. The third-order valence-electron chi connectivity index (χ3n) is 4.57. The van der Waals surface area contributed by atoms with Crippen LogP contribution in [0.4, 0.5) is 0 Å². The number of alkyl halides is 1. The summed E-state index contributed by atoms with van der Waals surface area (Å²) in [6, 6.07) is 0. The van der Waals surface area contributed by atoms with Gasteiger partial charge in [-0.15, -0.1) is 11.6 Å². The van der Waals surface area contributed by atoms with Gasteiger partial charge in [0, 0.05) is 18.5 Å². The molecule has 0 spiro atoms. The van der Waals surface area contributed by atoms with E-state index < -0.39 is 5.97 Å². The third-order valence-corrected chi connectivity index (χ3v) is 4.93. The van der Waals surface area contributed by atoms with Gasteiger partial charge in [0.1, 0.15) is 0 Å². The second kappa shape index (κ2) is 6.95. The average Bonchev–Trinajstić information content (AvgIpc) is 2.92. The number of aromatic nitrogens is 1. The number of carboxylic acids is 1. The topological polar surface area (TPSA) is 68.5 Å². The molecule has 0 saturated heterocycles. The lowest BCUT2D eigenvalue weighted by molar-refractivity contribution is -0.136. The highest BCUT2D eigenvalue weighted by atomic mass is 35.5. The molecule has 3 unspecified atom stereocenters. The largest absolute Gasteiger partial charge is 0.481 e. The van der Waals surface area contributed by atoms with Crippen molar-refractivity contribution in [3.8, 4) is 0 Å². The Hall–Kier alpha value is -1.85. The molecule has 0 bridgehead atoms. The van der Waals surface area contributed by atoms with Crippen LogP contribution in [-0.4, -0.2) is 40.1 Å². The summed E-state index contributed by atoms with van der Waals surface area (Å²) in [5.41, 5.74) is 0.638. The molecule has 5 nitrogen and oxygen atoms in total. The Morgan fingerprint density at radius 1 is 1.38 bits per heavy atom. The van der Waals surface area contributed by atoms with E-state index in [1.807, 2.05) is 24.3 Å². The lowest BCUT2D eigenvalue weighted by Crippen LogP contribution is -2.39. The van der Waals surface area contributed by atoms with E-state index in [0.29, 0.717) is 18.4 Å². The van der Waals surface area contributed by atoms with Crippen molar-refractivity contribution < 1.29 is 19.4 Å². The number of hydrogen-bond acceptors (Lipinski definition) is 3. The maximum Gasteiger partial charge on any atom is 0.307 e. The second-order valence-electron chi connectivity index (χ2n) is 6.20. The molecule has 128 valence electrons. The predicted molar refractivity (Wildman–Crippen MR) is 91.5 cm³/mol. The van der Waals surface area contributed by atoms with Gasteiger partial charge in [-0.3, -0.25) is 14.2 Å². The van der Waals surface area contributed by atoms with Crippen LogP contribution >= 0.6 is 11.6 Å². The number of allylic oxidation sites excluding steroid dienone is 2. The fourth-order valence-electron chi connectivity index (χ4n) is 3.29. The molecular weight excluding hydrogens is 330 g/mol. The normalized spacial score (nSPS) is 25.5. The first-order valence-electron chi connectivity index (χ1n) is 8.03. The number of carbonyl (C=O) groups is 2. The van der Waals surface area contributed by atoms with E-state index >= 15 is 0 Å². The molecule has 2 aliphatic rings. The van der Waals surface area contributed by atoms with E-state index in [1.54, 1.807) is 17.9 Å². The van der Waals surface area contributed by atoms with Crippen molar-refractivity contribution in [2.45, 2.75) is 37.2 Å². The predicted octanol–water partition coefficient (Wildman–Crippen LogP) is 1.31. The standard InChI is InChI=1S/C18H20ClNO4/c1-24-14-6-7-16-15(9-14)12(8-17(21)22)10-20(16)18(23)11-2-4-13(19)5-3-11/h2,4,7,9-11,13-14H,3,5-6,8H2,1H3,(H,21,22). The molecule has 1 aromatic heterocycles. The van der Waals surface area contributed by atoms with Crippen LogP contribution in [0.1, 0.15) is 29.6 Å². The Morgan fingerprint density at radius 2 is 2.17 bits per heavy atom. The number of carboxylic acid groups (broad SMARTS) is 1. The van der Waals surface area contributed by atoms with Crippen LogP contribution in [0.25, 0.3) is 12.2 Å². The number of aliphatic carboxylic acids is 1. The van der Waals surface area contributed by atoms with Crippen molar-refractivity contribution in [3.63, 3.8) is 0 Å². The molecule has 3 rings (SSSR count). The molecule has 1 N–H and O–H groups in total. The maximum absolute atomic E-state index is 12.9. The van der Waals surface area contributed by atoms with Crippen molar-refractivity contribution >= 4 is 35.6 Å². The van der Waals surface area contributed by atoms with Crippen LogP contribution in [0.15, 0.2) is 18.3 Å². The Kier molecular flexibility index (Phi) is 4.92. The minimum Gasteiger partial charge on any atom is -0.481 e. The van der Waals surface area contributed by atoms with Crippen LogP contribution in [0.2, 0.25) is 0 Å². The van der Waals surface area contributed by atoms with E-state index in [9.17, 15) is 9.59 Å². The monoisotopic (exact) mass is 349 g/mol. The van der Waals surface area contributed by atoms with Crippen LogP contribution in [0, 0.1) is 5.92 Å². The van der Waals surface area contributed by atoms with Crippen molar-refractivity contribution in [2.24, 2.45) is 5.92 Å². The molecule has 3 atom stereocenters. The van der Waals surface area contributed by atoms with Crippen molar-refractivity contribution in [1.82, 2.24) is 4.57 Å². The molecule has 0 saturated carbocycles. The maximum atomic E-state index is 12.9. The van der Waals surface area contributed by atoms with E-state index in [2.05, 4.69) is 0 Å². The molecule has 24 heavy (non-hydrogen) atoms. The molecule has 1 aromatic rings. The van der Waals surface area contributed by atoms with Crippen LogP contribution in [-0.2, 0) is 16.0 Å². The number of rotatable bonds is 4. The van der Waals surface area contributed by atoms with Gasteiger partial charge in [-0.1, -0.05) is 18.2 Å². The smallest absolute Gasteiger partial charge is 0.307 e. The summed E-state index contributed by atoms with van der Waals surface area (Å²) < 4.78 is 6.95. The number of halogens is 1. The zero-order valence-corrected chi connectivity index (χ0v) is 14.2. The SMILES string of the molecule is COC1C=c2c(CC(=O)O)cn(C(=O)C3C=CC(Cl)CC3)c2=CC1. The second-order valence-corrected chi connectivity index (χ2v) is 6.76. The highest BCUT2D eigenvalue weighted by Crippen LogP contribution is 2.22. The minimum absolute atomic E-state index is 0.0162. The van der Waals surface area contributed by atoms with Gasteiger partial charge in [0.05, 0.1) is 29.2 Å². The summed E-state index contributed by atoms with van der Waals surface area (Å²) >= 11 is 6.05. The van der Waals surface area contributed by atoms with Gasteiger partial charge in [-0.2, -0.15) is 0 Å². The van der Waals surface area contributed by atoms with Gasteiger partial charge in [-0.05, 0) is 30.9 Å². The van der Waals surface area contributed by atoms with E-state index in [1.165, 1.54) is 0 Å². The molecular formula is C18H20ClNO4. The van der Waals surface area contributed by atoms with Crippen molar-refractivity contribution in [1.29, 1.82) is 0 Å². The number of hydrogen-bond donors (Lipinski definition) is 1. The van der Waals surface area contributed by atoms with E-state index in [0.717, 1.165) is 17.0 Å². The van der Waals surface area contributed by atoms with Gasteiger partial charge >= 0.3 is 5.97 Å². The lowest BCUT2D eigenvalue weighted by atomic mass is 9.95. The summed E-state index contributed by atoms with van der Waals surface area (Å²) in [6.45, 7) is 0. The molecule has 1 heterocycles. The number of fused-ring (bicyclic) bond motifs is 1. The summed E-state index contributed by atoms with van der Waals surface area (Å²) in [5.74, 6) is -1.18. The van der Waals surface area contributed by atoms with Crippen molar-refractivity contribution in [2.75, 3.05) is 7.11 Å². The fourth-order valence-corrected chi connectivity index (χ4v) is 3.50. The number of ether oxygens (including phenoxy) is 1. The zero-order valence-electron chi connectivity index (χ0n) is 13.4. The van der Waals surface area contributed by atoms with Crippen LogP contribution < -0.4 is 10.6 Å². The minimum atomic E-state index is -0.919. The molecule has 6 heteroatoms. The number of methoxy groups -OCH3 is 1. The first-order valence-corrected chi connectivity index (χ1v) is 8.46. The van der Waals surface area contributed by atoms with Crippen LogP contribution in [0.5, 0.6) is 0 Å². The lowest BCUT2D eigenvalue weighted by Gasteiger charge is -2.19. The molecule has 0 amide bonds. The van der Waals surface area contributed by atoms with Crippen LogP contribution in [0.3, 0.4) is 0 Å². The number of nitrogens with zero attached hydrogens (tertiary/aromatic N) is 1. The fraction of sp³-hybridized carbons (Fsp3) is 0.444. The highest BCUT2D eigenvalue weighted by Gasteiger charge is 2.24.